The topological polar surface area (TPSA) is 38.0 Å². The Morgan fingerprint density at radius 2 is 1.47 bits per heavy atom. The van der Waals surface area contributed by atoms with Gasteiger partial charge in [-0.05, 0) is 80.0 Å². The molecule has 102 valence electrons. The molecule has 4 fully saturated rings. The van der Waals surface area contributed by atoms with Crippen molar-refractivity contribution in [3.05, 3.63) is 24.3 Å². The van der Waals surface area contributed by atoms with Crippen LogP contribution in [0.1, 0.15) is 32.1 Å². The molecule has 0 aromatic heterocycles. The highest BCUT2D eigenvalue weighted by molar-refractivity contribution is 8.00. The van der Waals surface area contributed by atoms with E-state index < -0.39 is 0 Å². The lowest BCUT2D eigenvalue weighted by Gasteiger charge is -2.54. The van der Waals surface area contributed by atoms with Crippen LogP contribution in [-0.4, -0.2) is 5.25 Å². The maximum atomic E-state index is 5.42. The Kier molecular flexibility index (Phi) is 3.00. The maximum absolute atomic E-state index is 5.42. The normalized spacial score (nSPS) is 39.5. The molecule has 4 saturated carbocycles. The molecule has 0 aliphatic heterocycles. The summed E-state index contributed by atoms with van der Waals surface area (Å²) in [7, 11) is 0. The fourth-order valence-corrected chi connectivity index (χ4v) is 6.29. The van der Waals surface area contributed by atoms with Gasteiger partial charge in [-0.1, -0.05) is 0 Å². The summed E-state index contributed by atoms with van der Waals surface area (Å²) in [5, 5.41) is 0.879. The van der Waals surface area contributed by atoms with E-state index in [1.54, 1.807) is 6.42 Å². The smallest absolute Gasteiger partial charge is 0.0485 e. The van der Waals surface area contributed by atoms with Gasteiger partial charge in [0.25, 0.3) is 0 Å². The van der Waals surface area contributed by atoms with Crippen LogP contribution in [0.25, 0.3) is 0 Å². The van der Waals surface area contributed by atoms with E-state index >= 15 is 0 Å². The molecule has 1 aromatic carbocycles. The largest absolute Gasteiger partial charge is 0.324 e. The van der Waals surface area contributed by atoms with Crippen LogP contribution in [0, 0.1) is 23.7 Å². The number of nitrogen functional groups attached to an aromatic ring is 1. The first kappa shape index (κ1) is 12.1. The minimum absolute atomic E-state index is 0.879. The predicted octanol–water partition coefficient (Wildman–Crippen LogP) is 3.89. The highest BCUT2D eigenvalue weighted by atomic mass is 32.2. The van der Waals surface area contributed by atoms with E-state index in [4.69, 9.17) is 5.84 Å². The maximum Gasteiger partial charge on any atom is 0.0485 e. The Morgan fingerprint density at radius 3 is 2.00 bits per heavy atom. The Balaban J connectivity index is 1.50. The second kappa shape index (κ2) is 4.71. The van der Waals surface area contributed by atoms with Crippen LogP contribution in [0.2, 0.25) is 0 Å². The van der Waals surface area contributed by atoms with Crippen LogP contribution in [0.15, 0.2) is 29.2 Å². The zero-order chi connectivity index (χ0) is 12.8. The molecule has 4 aliphatic carbocycles. The summed E-state index contributed by atoms with van der Waals surface area (Å²) < 4.78 is 0. The Morgan fingerprint density at radius 1 is 0.895 bits per heavy atom. The molecular formula is C16H22N2S. The molecule has 0 atom stereocenters. The van der Waals surface area contributed by atoms with E-state index in [-0.39, 0.29) is 0 Å². The first-order valence-electron chi connectivity index (χ1n) is 7.55. The molecule has 0 amide bonds. The van der Waals surface area contributed by atoms with Gasteiger partial charge in [-0.2, -0.15) is 0 Å². The van der Waals surface area contributed by atoms with Crippen molar-refractivity contribution < 1.29 is 0 Å². The second-order valence-corrected chi connectivity index (χ2v) is 7.93. The van der Waals surface area contributed by atoms with Crippen molar-refractivity contribution in [2.75, 3.05) is 5.43 Å². The minimum atomic E-state index is 0.879. The number of nitrogens with one attached hydrogen (secondary N) is 1. The first-order valence-corrected chi connectivity index (χ1v) is 8.43. The molecule has 4 bridgehead atoms. The number of hydrogen-bond acceptors (Lipinski definition) is 3. The summed E-state index contributed by atoms with van der Waals surface area (Å²) in [5.74, 6) is 9.56. The summed E-state index contributed by atoms with van der Waals surface area (Å²) in [5.41, 5.74) is 3.69. The van der Waals surface area contributed by atoms with Crippen LogP contribution in [0.5, 0.6) is 0 Å². The zero-order valence-electron chi connectivity index (χ0n) is 11.2. The van der Waals surface area contributed by atoms with Crippen LogP contribution >= 0.6 is 11.8 Å². The monoisotopic (exact) mass is 274 g/mol. The van der Waals surface area contributed by atoms with Gasteiger partial charge >= 0.3 is 0 Å². The molecule has 0 saturated heterocycles. The number of benzene rings is 1. The predicted molar refractivity (Wildman–Crippen MR) is 80.9 cm³/mol. The van der Waals surface area contributed by atoms with Crippen molar-refractivity contribution in [2.24, 2.45) is 29.5 Å². The van der Waals surface area contributed by atoms with Crippen LogP contribution in [0.3, 0.4) is 0 Å². The van der Waals surface area contributed by atoms with Gasteiger partial charge < -0.3 is 5.43 Å². The Hall–Kier alpha value is -0.670. The first-order chi connectivity index (χ1) is 9.31. The van der Waals surface area contributed by atoms with E-state index in [0.717, 1.165) is 34.6 Å². The summed E-state index contributed by atoms with van der Waals surface area (Å²) in [4.78, 5) is 1.41. The van der Waals surface area contributed by atoms with Crippen LogP contribution in [0.4, 0.5) is 5.69 Å². The van der Waals surface area contributed by atoms with Crippen LogP contribution in [-0.2, 0) is 0 Å². The third-order valence-corrected chi connectivity index (χ3v) is 7.02. The Bertz CT molecular complexity index is 428. The van der Waals surface area contributed by atoms with E-state index in [2.05, 4.69) is 41.5 Å². The van der Waals surface area contributed by atoms with Crippen molar-refractivity contribution in [2.45, 2.75) is 42.2 Å². The third kappa shape index (κ3) is 2.17. The van der Waals surface area contributed by atoms with Gasteiger partial charge in [0.15, 0.2) is 0 Å². The van der Waals surface area contributed by atoms with Gasteiger partial charge in [0, 0.05) is 15.8 Å². The van der Waals surface area contributed by atoms with Crippen molar-refractivity contribution >= 4 is 17.4 Å². The quantitative estimate of drug-likeness (QED) is 0.648. The number of hydrazine groups is 1. The second-order valence-electron chi connectivity index (χ2n) is 6.68. The van der Waals surface area contributed by atoms with E-state index in [1.165, 1.54) is 30.6 Å². The standard InChI is InChI=1S/C16H22N2S/c17-18-14-1-3-15(4-2-14)19-16-12-6-10-5-11(8-12)9-13(16)7-10/h1-4,10-13,16,18H,5-9,17H2. The number of anilines is 1. The van der Waals surface area contributed by atoms with Gasteiger partial charge in [0.2, 0.25) is 0 Å². The third-order valence-electron chi connectivity index (χ3n) is 5.43. The SMILES string of the molecule is NNc1ccc(SC2C3CC4CC(C3)CC2C4)cc1. The molecule has 0 radical (unpaired) electrons. The molecule has 1 aromatic rings. The fraction of sp³-hybridized carbons (Fsp3) is 0.625. The van der Waals surface area contributed by atoms with Gasteiger partial charge in [-0.3, -0.25) is 5.84 Å². The van der Waals surface area contributed by atoms with Crippen molar-refractivity contribution in [3.63, 3.8) is 0 Å². The summed E-state index contributed by atoms with van der Waals surface area (Å²) in [6.07, 6.45) is 7.57. The Labute approximate surface area is 119 Å². The summed E-state index contributed by atoms with van der Waals surface area (Å²) in [6, 6.07) is 8.59. The van der Waals surface area contributed by atoms with Crippen molar-refractivity contribution in [3.8, 4) is 0 Å². The molecule has 3 heteroatoms. The molecule has 0 unspecified atom stereocenters. The number of rotatable bonds is 3. The average molecular weight is 274 g/mol. The fourth-order valence-electron chi connectivity index (χ4n) is 4.85. The number of nitrogens with two attached hydrogens (primary N) is 1. The van der Waals surface area contributed by atoms with Crippen molar-refractivity contribution in [1.82, 2.24) is 0 Å². The molecular weight excluding hydrogens is 252 g/mol. The van der Waals surface area contributed by atoms with E-state index in [0.29, 0.717) is 0 Å². The van der Waals surface area contributed by atoms with Gasteiger partial charge in [-0.25, -0.2) is 0 Å². The number of hydrogen-bond donors (Lipinski definition) is 2. The lowest BCUT2D eigenvalue weighted by molar-refractivity contribution is 0.0267. The minimum Gasteiger partial charge on any atom is -0.324 e. The van der Waals surface area contributed by atoms with Gasteiger partial charge in [0.1, 0.15) is 0 Å². The summed E-state index contributed by atoms with van der Waals surface area (Å²) in [6.45, 7) is 0. The van der Waals surface area contributed by atoms with Gasteiger partial charge in [0.05, 0.1) is 0 Å². The average Bonchev–Trinajstić information content (AvgIpc) is 2.43. The van der Waals surface area contributed by atoms with Crippen molar-refractivity contribution in [1.29, 1.82) is 0 Å². The molecule has 19 heavy (non-hydrogen) atoms. The van der Waals surface area contributed by atoms with E-state index in [9.17, 15) is 0 Å². The molecule has 2 nitrogen and oxygen atoms in total. The lowest BCUT2D eigenvalue weighted by atomic mass is 9.56. The molecule has 0 heterocycles. The molecule has 5 rings (SSSR count). The highest BCUT2D eigenvalue weighted by Crippen LogP contribution is 2.57. The molecule has 3 N–H and O–H groups in total. The lowest BCUT2D eigenvalue weighted by Crippen LogP contribution is -2.46. The number of thioether (sulfide) groups is 1. The highest BCUT2D eigenvalue weighted by Gasteiger charge is 2.48. The van der Waals surface area contributed by atoms with Crippen LogP contribution < -0.4 is 11.3 Å². The molecule has 4 aliphatic rings. The van der Waals surface area contributed by atoms with E-state index in [1.807, 2.05) is 0 Å². The molecule has 0 spiro atoms. The zero-order valence-corrected chi connectivity index (χ0v) is 12.0. The summed E-state index contributed by atoms with van der Waals surface area (Å²) >= 11 is 2.13. The van der Waals surface area contributed by atoms with Gasteiger partial charge in [-0.15, -0.1) is 11.8 Å².